The molecule has 0 unspecified atom stereocenters. The second-order valence-corrected chi connectivity index (χ2v) is 6.68. The third-order valence-corrected chi connectivity index (χ3v) is 4.48. The van der Waals surface area contributed by atoms with Gasteiger partial charge in [0.25, 0.3) is 0 Å². The van der Waals surface area contributed by atoms with Crippen molar-refractivity contribution in [2.24, 2.45) is 0 Å². The SMILES string of the molecule is O=C(CCNC(=O)NCCCOC1CCCCC1)NCc1ccccc1. The van der Waals surface area contributed by atoms with Crippen molar-refractivity contribution in [3.63, 3.8) is 0 Å². The van der Waals surface area contributed by atoms with Crippen LogP contribution < -0.4 is 16.0 Å². The molecule has 6 heteroatoms. The highest BCUT2D eigenvalue weighted by Gasteiger charge is 2.13. The number of hydrogen-bond donors (Lipinski definition) is 3. The summed E-state index contributed by atoms with van der Waals surface area (Å²) in [4.78, 5) is 23.4. The second-order valence-electron chi connectivity index (χ2n) is 6.68. The van der Waals surface area contributed by atoms with Crippen LogP contribution in [-0.4, -0.2) is 37.7 Å². The fraction of sp³-hybridized carbons (Fsp3) is 0.600. The van der Waals surface area contributed by atoms with Crippen LogP contribution in [0.4, 0.5) is 4.79 Å². The van der Waals surface area contributed by atoms with E-state index in [1.165, 1.54) is 32.1 Å². The van der Waals surface area contributed by atoms with Crippen molar-refractivity contribution in [1.82, 2.24) is 16.0 Å². The summed E-state index contributed by atoms with van der Waals surface area (Å²) in [6.07, 6.45) is 7.68. The number of amides is 3. The zero-order chi connectivity index (χ0) is 18.5. The van der Waals surface area contributed by atoms with E-state index in [1.54, 1.807) is 0 Å². The maximum atomic E-state index is 11.7. The minimum atomic E-state index is -0.237. The first-order valence-corrected chi connectivity index (χ1v) is 9.68. The number of carbonyl (C=O) groups is 2. The quantitative estimate of drug-likeness (QED) is 0.561. The van der Waals surface area contributed by atoms with Crippen molar-refractivity contribution in [2.45, 2.75) is 57.6 Å². The molecule has 3 amide bonds. The average Bonchev–Trinajstić information content (AvgIpc) is 2.68. The van der Waals surface area contributed by atoms with E-state index >= 15 is 0 Å². The van der Waals surface area contributed by atoms with Crippen molar-refractivity contribution >= 4 is 11.9 Å². The Morgan fingerprint density at radius 2 is 1.69 bits per heavy atom. The van der Waals surface area contributed by atoms with E-state index in [0.717, 1.165) is 12.0 Å². The molecule has 0 radical (unpaired) electrons. The van der Waals surface area contributed by atoms with Crippen LogP contribution in [-0.2, 0) is 16.1 Å². The number of ether oxygens (including phenoxy) is 1. The number of benzene rings is 1. The summed E-state index contributed by atoms with van der Waals surface area (Å²) in [6.45, 7) is 2.10. The van der Waals surface area contributed by atoms with E-state index < -0.39 is 0 Å². The first-order valence-electron chi connectivity index (χ1n) is 9.68. The molecule has 0 bridgehead atoms. The molecule has 0 atom stereocenters. The molecule has 1 fully saturated rings. The maximum absolute atomic E-state index is 11.7. The van der Waals surface area contributed by atoms with Crippen LogP contribution in [0.1, 0.15) is 50.5 Å². The molecule has 1 aromatic carbocycles. The standard InChI is InChI=1S/C20H31N3O3/c24-19(23-16-17-8-3-1-4-9-17)12-14-22-20(25)21-13-7-15-26-18-10-5-2-6-11-18/h1,3-4,8-9,18H,2,5-7,10-16H2,(H,23,24)(H2,21,22,25). The number of nitrogens with one attached hydrogen (secondary N) is 3. The predicted octanol–water partition coefficient (Wildman–Crippen LogP) is 2.73. The first kappa shape index (κ1) is 20.2. The lowest BCUT2D eigenvalue weighted by molar-refractivity contribution is -0.121. The fourth-order valence-corrected chi connectivity index (χ4v) is 2.99. The smallest absolute Gasteiger partial charge is 0.314 e. The van der Waals surface area contributed by atoms with Crippen LogP contribution in [0.25, 0.3) is 0 Å². The Balaban J connectivity index is 1.42. The Morgan fingerprint density at radius 3 is 2.46 bits per heavy atom. The molecule has 1 aromatic rings. The molecule has 1 aliphatic rings. The van der Waals surface area contributed by atoms with Gasteiger partial charge in [-0.3, -0.25) is 4.79 Å². The summed E-state index contributed by atoms with van der Waals surface area (Å²) in [5, 5.41) is 8.33. The normalized spacial score (nSPS) is 14.6. The number of rotatable bonds is 10. The highest BCUT2D eigenvalue weighted by molar-refractivity contribution is 5.78. The molecule has 1 aliphatic carbocycles. The summed E-state index contributed by atoms with van der Waals surface area (Å²) >= 11 is 0. The summed E-state index contributed by atoms with van der Waals surface area (Å²) < 4.78 is 5.82. The minimum Gasteiger partial charge on any atom is -0.378 e. The monoisotopic (exact) mass is 361 g/mol. The van der Waals surface area contributed by atoms with Gasteiger partial charge in [-0.1, -0.05) is 49.6 Å². The van der Waals surface area contributed by atoms with E-state index in [2.05, 4.69) is 16.0 Å². The van der Waals surface area contributed by atoms with Gasteiger partial charge in [-0.05, 0) is 24.8 Å². The number of hydrogen-bond acceptors (Lipinski definition) is 3. The van der Waals surface area contributed by atoms with Crippen LogP contribution in [0.2, 0.25) is 0 Å². The highest BCUT2D eigenvalue weighted by Crippen LogP contribution is 2.20. The van der Waals surface area contributed by atoms with Crippen LogP contribution in [0, 0.1) is 0 Å². The Morgan fingerprint density at radius 1 is 0.962 bits per heavy atom. The van der Waals surface area contributed by atoms with Gasteiger partial charge in [-0.15, -0.1) is 0 Å². The topological polar surface area (TPSA) is 79.5 Å². The third kappa shape index (κ3) is 8.85. The van der Waals surface area contributed by atoms with Gasteiger partial charge < -0.3 is 20.7 Å². The van der Waals surface area contributed by atoms with Gasteiger partial charge in [0.2, 0.25) is 5.91 Å². The predicted molar refractivity (Wildman–Crippen MR) is 102 cm³/mol. The molecule has 26 heavy (non-hydrogen) atoms. The highest BCUT2D eigenvalue weighted by atomic mass is 16.5. The van der Waals surface area contributed by atoms with E-state index in [1.807, 2.05) is 30.3 Å². The summed E-state index contributed by atoms with van der Waals surface area (Å²) in [5.74, 6) is -0.0740. The molecule has 0 aromatic heterocycles. The molecule has 3 N–H and O–H groups in total. The van der Waals surface area contributed by atoms with E-state index in [-0.39, 0.29) is 18.4 Å². The van der Waals surface area contributed by atoms with Crippen LogP contribution in [0.15, 0.2) is 30.3 Å². The first-order chi connectivity index (χ1) is 12.7. The molecular weight excluding hydrogens is 330 g/mol. The molecule has 0 heterocycles. The van der Waals surface area contributed by atoms with Gasteiger partial charge >= 0.3 is 6.03 Å². The molecule has 1 saturated carbocycles. The summed E-state index contributed by atoms with van der Waals surface area (Å²) in [6, 6.07) is 9.50. The molecule has 144 valence electrons. The summed E-state index contributed by atoms with van der Waals surface area (Å²) in [5.41, 5.74) is 1.06. The largest absolute Gasteiger partial charge is 0.378 e. The van der Waals surface area contributed by atoms with E-state index in [0.29, 0.717) is 32.3 Å². The molecule has 0 spiro atoms. The number of urea groups is 1. The summed E-state index contributed by atoms with van der Waals surface area (Å²) in [7, 11) is 0. The van der Waals surface area contributed by atoms with Crippen molar-refractivity contribution in [1.29, 1.82) is 0 Å². The molecule has 6 nitrogen and oxygen atoms in total. The van der Waals surface area contributed by atoms with Gasteiger partial charge in [0.1, 0.15) is 0 Å². The Bertz CT molecular complexity index is 530. The van der Waals surface area contributed by atoms with Crippen molar-refractivity contribution in [3.8, 4) is 0 Å². The third-order valence-electron chi connectivity index (χ3n) is 4.48. The molecular formula is C20H31N3O3. The van der Waals surface area contributed by atoms with Crippen LogP contribution in [0.3, 0.4) is 0 Å². The zero-order valence-corrected chi connectivity index (χ0v) is 15.5. The number of carbonyl (C=O) groups excluding carboxylic acids is 2. The second kappa shape index (κ2) is 12.3. The molecule has 0 saturated heterocycles. The van der Waals surface area contributed by atoms with Crippen molar-refractivity contribution < 1.29 is 14.3 Å². The van der Waals surface area contributed by atoms with Gasteiger partial charge in [0.15, 0.2) is 0 Å². The Labute approximate surface area is 156 Å². The lowest BCUT2D eigenvalue weighted by Gasteiger charge is -2.21. The Kier molecular flexibility index (Phi) is 9.57. The van der Waals surface area contributed by atoms with Crippen LogP contribution >= 0.6 is 0 Å². The maximum Gasteiger partial charge on any atom is 0.314 e. The van der Waals surface area contributed by atoms with Crippen molar-refractivity contribution in [3.05, 3.63) is 35.9 Å². The molecule has 0 aliphatic heterocycles. The Hall–Kier alpha value is -2.08. The van der Waals surface area contributed by atoms with Gasteiger partial charge in [-0.2, -0.15) is 0 Å². The zero-order valence-electron chi connectivity index (χ0n) is 15.5. The minimum absolute atomic E-state index is 0.0740. The average molecular weight is 361 g/mol. The van der Waals surface area contributed by atoms with Gasteiger partial charge in [0.05, 0.1) is 6.10 Å². The van der Waals surface area contributed by atoms with Gasteiger partial charge in [0, 0.05) is 32.7 Å². The van der Waals surface area contributed by atoms with Crippen molar-refractivity contribution in [2.75, 3.05) is 19.7 Å². The fourth-order valence-electron chi connectivity index (χ4n) is 2.99. The van der Waals surface area contributed by atoms with E-state index in [4.69, 9.17) is 4.74 Å². The van der Waals surface area contributed by atoms with Gasteiger partial charge in [-0.25, -0.2) is 4.79 Å². The molecule has 2 rings (SSSR count). The van der Waals surface area contributed by atoms with Crippen LogP contribution in [0.5, 0.6) is 0 Å². The lowest BCUT2D eigenvalue weighted by atomic mass is 9.98. The van der Waals surface area contributed by atoms with E-state index in [9.17, 15) is 9.59 Å². The lowest BCUT2D eigenvalue weighted by Crippen LogP contribution is -2.38.